The highest BCUT2D eigenvalue weighted by molar-refractivity contribution is 7.86. The SMILES string of the molecule is COc1ccc(CN(CCN2CCOCC2)S(=O)(=O)N(C)C)cc1OC. The molecule has 1 aromatic carbocycles. The monoisotopic (exact) mass is 387 g/mol. The lowest BCUT2D eigenvalue weighted by atomic mass is 10.2. The van der Waals surface area contributed by atoms with Crippen LogP contribution in [0, 0.1) is 0 Å². The third-order valence-corrected chi connectivity index (χ3v) is 6.25. The first-order valence-electron chi connectivity index (χ1n) is 8.57. The van der Waals surface area contributed by atoms with Gasteiger partial charge >= 0.3 is 0 Å². The van der Waals surface area contributed by atoms with Gasteiger partial charge in [0.05, 0.1) is 27.4 Å². The Morgan fingerprint density at radius 3 is 2.35 bits per heavy atom. The summed E-state index contributed by atoms with van der Waals surface area (Å²) in [5, 5.41) is 0. The molecule has 1 aliphatic heterocycles. The Bertz CT molecular complexity index is 675. The fourth-order valence-electron chi connectivity index (χ4n) is 2.77. The number of methoxy groups -OCH3 is 2. The number of morpholine rings is 1. The van der Waals surface area contributed by atoms with Gasteiger partial charge in [0.15, 0.2) is 11.5 Å². The van der Waals surface area contributed by atoms with Gasteiger partial charge in [-0.15, -0.1) is 0 Å². The molecule has 0 spiro atoms. The van der Waals surface area contributed by atoms with E-state index in [4.69, 9.17) is 14.2 Å². The fourth-order valence-corrected chi connectivity index (χ4v) is 3.85. The summed E-state index contributed by atoms with van der Waals surface area (Å²) in [4.78, 5) is 2.22. The molecule has 0 aliphatic carbocycles. The summed E-state index contributed by atoms with van der Waals surface area (Å²) >= 11 is 0. The van der Waals surface area contributed by atoms with Gasteiger partial charge in [-0.1, -0.05) is 6.07 Å². The Morgan fingerprint density at radius 2 is 1.77 bits per heavy atom. The molecule has 0 saturated carbocycles. The zero-order valence-electron chi connectivity index (χ0n) is 16.0. The summed E-state index contributed by atoms with van der Waals surface area (Å²) in [5.74, 6) is 1.20. The van der Waals surface area contributed by atoms with E-state index in [9.17, 15) is 8.42 Å². The number of nitrogens with zero attached hydrogens (tertiary/aromatic N) is 3. The maximum absolute atomic E-state index is 12.7. The van der Waals surface area contributed by atoms with Gasteiger partial charge < -0.3 is 14.2 Å². The standard InChI is InChI=1S/C17H29N3O5S/c1-18(2)26(21,22)20(8-7-19-9-11-25-12-10-19)14-15-5-6-16(23-3)17(13-15)24-4/h5-6,13H,7-12,14H2,1-4H3. The molecule has 1 saturated heterocycles. The Morgan fingerprint density at radius 1 is 1.12 bits per heavy atom. The van der Waals surface area contributed by atoms with E-state index in [-0.39, 0.29) is 6.54 Å². The summed E-state index contributed by atoms with van der Waals surface area (Å²) in [7, 11) is 2.69. The highest BCUT2D eigenvalue weighted by Gasteiger charge is 2.26. The lowest BCUT2D eigenvalue weighted by Crippen LogP contribution is -2.45. The molecule has 0 aromatic heterocycles. The van der Waals surface area contributed by atoms with Crippen LogP contribution in [0.1, 0.15) is 5.56 Å². The van der Waals surface area contributed by atoms with Crippen LogP contribution in [0.15, 0.2) is 18.2 Å². The molecule has 1 heterocycles. The third-order valence-electron chi connectivity index (χ3n) is 4.36. The zero-order chi connectivity index (χ0) is 19.2. The quantitative estimate of drug-likeness (QED) is 0.619. The van der Waals surface area contributed by atoms with E-state index in [0.29, 0.717) is 37.8 Å². The molecule has 26 heavy (non-hydrogen) atoms. The van der Waals surface area contributed by atoms with Crippen LogP contribution in [-0.2, 0) is 21.5 Å². The fraction of sp³-hybridized carbons (Fsp3) is 0.647. The van der Waals surface area contributed by atoms with Gasteiger partial charge in [0.1, 0.15) is 0 Å². The van der Waals surface area contributed by atoms with E-state index in [1.54, 1.807) is 34.4 Å². The van der Waals surface area contributed by atoms with Gasteiger partial charge in [-0.3, -0.25) is 4.90 Å². The predicted molar refractivity (Wildman–Crippen MR) is 99.8 cm³/mol. The Hall–Kier alpha value is -1.39. The van der Waals surface area contributed by atoms with Crippen molar-refractivity contribution in [3.8, 4) is 11.5 Å². The average Bonchev–Trinajstić information content (AvgIpc) is 2.65. The van der Waals surface area contributed by atoms with Crippen LogP contribution in [0.3, 0.4) is 0 Å². The Balaban J connectivity index is 2.15. The molecule has 0 N–H and O–H groups in total. The van der Waals surface area contributed by atoms with Crippen molar-refractivity contribution < 1.29 is 22.6 Å². The average molecular weight is 388 g/mol. The molecule has 1 aromatic rings. The molecule has 1 aliphatic rings. The van der Waals surface area contributed by atoms with Gasteiger partial charge in [-0.05, 0) is 17.7 Å². The second kappa shape index (κ2) is 9.52. The van der Waals surface area contributed by atoms with Crippen LogP contribution < -0.4 is 9.47 Å². The number of benzene rings is 1. The van der Waals surface area contributed by atoms with Crippen molar-refractivity contribution in [2.75, 3.05) is 67.7 Å². The van der Waals surface area contributed by atoms with E-state index in [1.165, 1.54) is 8.61 Å². The van der Waals surface area contributed by atoms with Crippen molar-refractivity contribution in [1.29, 1.82) is 0 Å². The van der Waals surface area contributed by atoms with Crippen LogP contribution in [0.5, 0.6) is 11.5 Å². The van der Waals surface area contributed by atoms with E-state index in [2.05, 4.69) is 4.90 Å². The second-order valence-corrected chi connectivity index (χ2v) is 8.41. The first-order chi connectivity index (χ1) is 12.4. The van der Waals surface area contributed by atoms with E-state index >= 15 is 0 Å². The van der Waals surface area contributed by atoms with Crippen molar-refractivity contribution in [3.63, 3.8) is 0 Å². The number of hydrogen-bond acceptors (Lipinski definition) is 6. The summed E-state index contributed by atoms with van der Waals surface area (Å²) in [6, 6.07) is 5.45. The third kappa shape index (κ3) is 5.31. The van der Waals surface area contributed by atoms with Crippen molar-refractivity contribution in [1.82, 2.24) is 13.5 Å². The van der Waals surface area contributed by atoms with Crippen LogP contribution >= 0.6 is 0 Å². The van der Waals surface area contributed by atoms with Gasteiger partial charge in [0.25, 0.3) is 10.2 Å². The Labute approximate surface area is 156 Å². The molecule has 2 rings (SSSR count). The molecule has 0 unspecified atom stereocenters. The van der Waals surface area contributed by atoms with Crippen molar-refractivity contribution >= 4 is 10.2 Å². The smallest absolute Gasteiger partial charge is 0.281 e. The second-order valence-electron chi connectivity index (χ2n) is 6.27. The topological polar surface area (TPSA) is 71.6 Å². The Kier molecular flexibility index (Phi) is 7.66. The normalized spacial score (nSPS) is 16.2. The van der Waals surface area contributed by atoms with Crippen molar-refractivity contribution in [2.45, 2.75) is 6.54 Å². The number of ether oxygens (including phenoxy) is 3. The minimum Gasteiger partial charge on any atom is -0.493 e. The largest absolute Gasteiger partial charge is 0.493 e. The predicted octanol–water partition coefficient (Wildman–Crippen LogP) is 0.644. The summed E-state index contributed by atoms with van der Waals surface area (Å²) < 4.78 is 44.1. The summed E-state index contributed by atoms with van der Waals surface area (Å²) in [5.41, 5.74) is 0.843. The molecular formula is C17H29N3O5S. The lowest BCUT2D eigenvalue weighted by molar-refractivity contribution is 0.0360. The molecule has 148 valence electrons. The summed E-state index contributed by atoms with van der Waals surface area (Å²) in [6.07, 6.45) is 0. The van der Waals surface area contributed by atoms with Crippen LogP contribution in [0.4, 0.5) is 0 Å². The highest BCUT2D eigenvalue weighted by atomic mass is 32.2. The van der Waals surface area contributed by atoms with E-state index < -0.39 is 10.2 Å². The van der Waals surface area contributed by atoms with Crippen LogP contribution in [0.25, 0.3) is 0 Å². The van der Waals surface area contributed by atoms with E-state index in [1.807, 2.05) is 12.1 Å². The van der Waals surface area contributed by atoms with Crippen LogP contribution in [-0.4, -0.2) is 89.6 Å². The van der Waals surface area contributed by atoms with Gasteiger partial charge in [0.2, 0.25) is 0 Å². The minimum absolute atomic E-state index is 0.269. The zero-order valence-corrected chi connectivity index (χ0v) is 16.8. The maximum Gasteiger partial charge on any atom is 0.281 e. The van der Waals surface area contributed by atoms with Crippen molar-refractivity contribution in [2.24, 2.45) is 0 Å². The molecule has 0 radical (unpaired) electrons. The summed E-state index contributed by atoms with van der Waals surface area (Å²) in [6.45, 7) is 4.38. The number of rotatable bonds is 9. The molecule has 1 fully saturated rings. The maximum atomic E-state index is 12.7. The molecule has 8 nitrogen and oxygen atoms in total. The minimum atomic E-state index is -3.54. The van der Waals surface area contributed by atoms with Gasteiger partial charge in [0, 0.05) is 46.8 Å². The molecule has 0 bridgehead atoms. The first-order valence-corrected chi connectivity index (χ1v) is 9.96. The first kappa shape index (κ1) is 20.9. The molecule has 9 heteroatoms. The van der Waals surface area contributed by atoms with Crippen molar-refractivity contribution in [3.05, 3.63) is 23.8 Å². The molecular weight excluding hydrogens is 358 g/mol. The van der Waals surface area contributed by atoms with E-state index in [0.717, 1.165) is 18.7 Å². The van der Waals surface area contributed by atoms with Gasteiger partial charge in [-0.25, -0.2) is 0 Å². The number of hydrogen-bond donors (Lipinski definition) is 0. The molecule has 0 atom stereocenters. The van der Waals surface area contributed by atoms with Crippen LogP contribution in [0.2, 0.25) is 0 Å². The van der Waals surface area contributed by atoms with Gasteiger partial charge in [-0.2, -0.15) is 17.0 Å². The lowest BCUT2D eigenvalue weighted by Gasteiger charge is -2.31. The molecule has 0 amide bonds. The highest BCUT2D eigenvalue weighted by Crippen LogP contribution is 2.28.